The van der Waals surface area contributed by atoms with Crippen LogP contribution in [0.5, 0.6) is 0 Å². The monoisotopic (exact) mass is 303 g/mol. The van der Waals surface area contributed by atoms with E-state index in [0.717, 1.165) is 11.1 Å². The van der Waals surface area contributed by atoms with E-state index in [1.807, 2.05) is 0 Å². The zero-order valence-corrected chi connectivity index (χ0v) is 10.8. The predicted molar refractivity (Wildman–Crippen MR) is 62.0 cm³/mol. The minimum atomic E-state index is -4.52. The second kappa shape index (κ2) is 5.90. The van der Waals surface area contributed by atoms with Gasteiger partial charge in [0.1, 0.15) is 11.1 Å². The third-order valence-corrected chi connectivity index (χ3v) is 2.73. The summed E-state index contributed by atoms with van der Waals surface area (Å²) < 4.78 is 38.4. The molecule has 0 bridgehead atoms. The van der Waals surface area contributed by atoms with E-state index >= 15 is 0 Å². The minimum absolute atomic E-state index is 0.0471. The number of aromatic nitrogens is 2. The SMILES string of the molecule is CN(c1nc(Cl)ncc1Cl)C(CCO)C(F)(F)F. The standard InChI is InChI=1S/C9H10Cl2F3N3O/c1-17(6(2-3-18)9(12,13)14)7-5(10)4-15-8(11)16-7/h4,6,18H,2-3H2,1H3. The summed E-state index contributed by atoms with van der Waals surface area (Å²) in [5.41, 5.74) is 0. The van der Waals surface area contributed by atoms with Gasteiger partial charge >= 0.3 is 6.18 Å². The van der Waals surface area contributed by atoms with Crippen molar-refractivity contribution in [1.82, 2.24) is 9.97 Å². The smallest absolute Gasteiger partial charge is 0.396 e. The van der Waals surface area contributed by atoms with Gasteiger partial charge in [-0.05, 0) is 18.0 Å². The van der Waals surface area contributed by atoms with Crippen LogP contribution in [0, 0.1) is 0 Å². The van der Waals surface area contributed by atoms with Crippen LogP contribution in [0.25, 0.3) is 0 Å². The zero-order chi connectivity index (χ0) is 13.9. The van der Waals surface area contributed by atoms with Gasteiger partial charge in [0, 0.05) is 13.7 Å². The van der Waals surface area contributed by atoms with Crippen LogP contribution in [0.4, 0.5) is 19.0 Å². The molecule has 0 amide bonds. The molecule has 0 spiro atoms. The number of aliphatic hydroxyl groups excluding tert-OH is 1. The summed E-state index contributed by atoms with van der Waals surface area (Å²) in [5.74, 6) is -0.132. The van der Waals surface area contributed by atoms with Crippen LogP contribution in [0.2, 0.25) is 10.3 Å². The highest BCUT2D eigenvalue weighted by Crippen LogP contribution is 2.32. The number of alkyl halides is 3. The first-order valence-electron chi connectivity index (χ1n) is 4.85. The maximum absolute atomic E-state index is 12.8. The van der Waals surface area contributed by atoms with E-state index in [1.165, 1.54) is 7.05 Å². The van der Waals surface area contributed by atoms with Gasteiger partial charge in [-0.15, -0.1) is 0 Å². The highest BCUT2D eigenvalue weighted by molar-refractivity contribution is 6.33. The van der Waals surface area contributed by atoms with Gasteiger partial charge in [-0.3, -0.25) is 0 Å². The summed E-state index contributed by atoms with van der Waals surface area (Å²) in [4.78, 5) is 8.04. The molecule has 1 heterocycles. The molecule has 0 saturated heterocycles. The van der Waals surface area contributed by atoms with Crippen LogP contribution >= 0.6 is 23.2 Å². The quantitative estimate of drug-likeness (QED) is 0.869. The average Bonchev–Trinajstić information content (AvgIpc) is 2.27. The molecular formula is C9H10Cl2F3N3O. The van der Waals surface area contributed by atoms with E-state index in [-0.39, 0.29) is 16.1 Å². The van der Waals surface area contributed by atoms with Gasteiger partial charge in [-0.1, -0.05) is 11.6 Å². The summed E-state index contributed by atoms with van der Waals surface area (Å²) in [7, 11) is 1.18. The lowest BCUT2D eigenvalue weighted by Gasteiger charge is -2.30. The van der Waals surface area contributed by atoms with Crippen molar-refractivity contribution >= 4 is 29.0 Å². The van der Waals surface area contributed by atoms with E-state index < -0.39 is 25.2 Å². The van der Waals surface area contributed by atoms with E-state index in [0.29, 0.717) is 0 Å². The van der Waals surface area contributed by atoms with E-state index in [9.17, 15) is 13.2 Å². The molecule has 1 N–H and O–H groups in total. The van der Waals surface area contributed by atoms with Crippen LogP contribution < -0.4 is 4.90 Å². The Morgan fingerprint density at radius 3 is 2.56 bits per heavy atom. The van der Waals surface area contributed by atoms with Crippen LogP contribution in [-0.2, 0) is 0 Å². The molecule has 1 unspecified atom stereocenters. The van der Waals surface area contributed by atoms with E-state index in [1.54, 1.807) is 0 Å². The number of hydrogen-bond acceptors (Lipinski definition) is 4. The Balaban J connectivity index is 3.09. The largest absolute Gasteiger partial charge is 0.408 e. The Morgan fingerprint density at radius 2 is 2.06 bits per heavy atom. The Morgan fingerprint density at radius 1 is 1.44 bits per heavy atom. The fraction of sp³-hybridized carbons (Fsp3) is 0.556. The topological polar surface area (TPSA) is 49.2 Å². The maximum Gasteiger partial charge on any atom is 0.408 e. The second-order valence-electron chi connectivity index (χ2n) is 3.49. The molecule has 1 atom stereocenters. The zero-order valence-electron chi connectivity index (χ0n) is 9.25. The van der Waals surface area contributed by atoms with Crippen molar-refractivity contribution in [1.29, 1.82) is 0 Å². The van der Waals surface area contributed by atoms with Crippen molar-refractivity contribution in [2.45, 2.75) is 18.6 Å². The lowest BCUT2D eigenvalue weighted by Crippen LogP contribution is -2.44. The van der Waals surface area contributed by atoms with Crippen molar-refractivity contribution in [3.05, 3.63) is 16.5 Å². The van der Waals surface area contributed by atoms with E-state index in [4.69, 9.17) is 28.3 Å². The summed E-state index contributed by atoms with van der Waals surface area (Å²) in [6.07, 6.45) is -3.88. The van der Waals surface area contributed by atoms with Gasteiger partial charge in [-0.2, -0.15) is 18.2 Å². The number of aliphatic hydroxyl groups is 1. The first-order valence-corrected chi connectivity index (χ1v) is 5.61. The molecule has 0 aliphatic heterocycles. The molecule has 0 radical (unpaired) electrons. The van der Waals surface area contributed by atoms with Gasteiger partial charge in [0.25, 0.3) is 0 Å². The summed E-state index contributed by atoms with van der Waals surface area (Å²) in [6, 6.07) is -1.90. The summed E-state index contributed by atoms with van der Waals surface area (Å²) in [6.45, 7) is -0.606. The van der Waals surface area contributed by atoms with Crippen molar-refractivity contribution in [3.8, 4) is 0 Å². The predicted octanol–water partition coefficient (Wildman–Crippen LogP) is 2.53. The molecule has 9 heteroatoms. The Labute approximate surface area is 111 Å². The molecule has 0 aromatic carbocycles. The lowest BCUT2D eigenvalue weighted by atomic mass is 10.2. The van der Waals surface area contributed by atoms with Gasteiger partial charge < -0.3 is 10.0 Å². The number of halogens is 5. The number of nitrogens with zero attached hydrogens (tertiary/aromatic N) is 3. The van der Waals surface area contributed by atoms with Crippen LogP contribution in [0.15, 0.2) is 6.20 Å². The first kappa shape index (κ1) is 15.3. The molecule has 1 rings (SSSR count). The normalized spacial score (nSPS) is 13.5. The van der Waals surface area contributed by atoms with Crippen molar-refractivity contribution < 1.29 is 18.3 Å². The van der Waals surface area contributed by atoms with Crippen LogP contribution in [-0.4, -0.2) is 40.9 Å². The first-order chi connectivity index (χ1) is 8.27. The number of rotatable bonds is 4. The fourth-order valence-electron chi connectivity index (χ4n) is 1.43. The van der Waals surface area contributed by atoms with E-state index in [2.05, 4.69) is 9.97 Å². The molecule has 18 heavy (non-hydrogen) atoms. The highest BCUT2D eigenvalue weighted by Gasteiger charge is 2.42. The van der Waals surface area contributed by atoms with Crippen molar-refractivity contribution in [2.75, 3.05) is 18.6 Å². The van der Waals surface area contributed by atoms with Crippen LogP contribution in [0.1, 0.15) is 6.42 Å². The molecule has 0 fully saturated rings. The summed E-state index contributed by atoms with van der Waals surface area (Å²) in [5, 5.41) is 8.45. The minimum Gasteiger partial charge on any atom is -0.396 e. The Kier molecular flexibility index (Phi) is 5.01. The van der Waals surface area contributed by atoms with Crippen molar-refractivity contribution in [2.24, 2.45) is 0 Å². The highest BCUT2D eigenvalue weighted by atomic mass is 35.5. The Bertz CT molecular complexity index is 417. The average molecular weight is 304 g/mol. The van der Waals surface area contributed by atoms with Gasteiger partial charge in [0.15, 0.2) is 5.82 Å². The number of hydrogen-bond donors (Lipinski definition) is 1. The van der Waals surface area contributed by atoms with Crippen LogP contribution in [0.3, 0.4) is 0 Å². The van der Waals surface area contributed by atoms with Gasteiger partial charge in [0.05, 0.1) is 6.20 Å². The fourth-order valence-corrected chi connectivity index (χ4v) is 1.78. The molecule has 0 aliphatic rings. The molecule has 0 aliphatic carbocycles. The van der Waals surface area contributed by atoms with Gasteiger partial charge in [0.2, 0.25) is 5.28 Å². The van der Waals surface area contributed by atoms with Gasteiger partial charge in [-0.25, -0.2) is 4.98 Å². The molecule has 1 aromatic rings. The molecule has 1 aromatic heterocycles. The lowest BCUT2D eigenvalue weighted by molar-refractivity contribution is -0.151. The molecule has 0 saturated carbocycles. The third-order valence-electron chi connectivity index (χ3n) is 2.28. The molecular weight excluding hydrogens is 294 g/mol. The molecule has 4 nitrogen and oxygen atoms in total. The molecule has 102 valence electrons. The Hall–Kier alpha value is -0.790. The third kappa shape index (κ3) is 3.60. The number of anilines is 1. The summed E-state index contributed by atoms with van der Waals surface area (Å²) >= 11 is 11.2. The maximum atomic E-state index is 12.8. The second-order valence-corrected chi connectivity index (χ2v) is 4.24. The van der Waals surface area contributed by atoms with Crippen molar-refractivity contribution in [3.63, 3.8) is 0 Å².